The van der Waals surface area contributed by atoms with E-state index in [4.69, 9.17) is 4.42 Å². The Morgan fingerprint density at radius 1 is 1.11 bits per heavy atom. The number of allylic oxidation sites excluding steroid dienone is 2. The molecule has 27 heavy (non-hydrogen) atoms. The molecule has 4 aliphatic carbocycles. The van der Waals surface area contributed by atoms with Crippen molar-refractivity contribution in [3.8, 4) is 0 Å². The van der Waals surface area contributed by atoms with Crippen LogP contribution in [-0.2, 0) is 0 Å². The van der Waals surface area contributed by atoms with Crippen molar-refractivity contribution in [2.45, 2.75) is 77.2 Å². The van der Waals surface area contributed by atoms with Crippen LogP contribution < -0.4 is 5.63 Å². The average Bonchev–Trinajstić information content (AvgIpc) is 3.00. The zero-order valence-electron chi connectivity index (χ0n) is 16.6. The van der Waals surface area contributed by atoms with Gasteiger partial charge in [-0.25, -0.2) is 4.79 Å². The minimum absolute atomic E-state index is 0.0729. The lowest BCUT2D eigenvalue weighted by molar-refractivity contribution is -0.0823. The van der Waals surface area contributed by atoms with E-state index in [1.54, 1.807) is 17.9 Å². The van der Waals surface area contributed by atoms with Crippen LogP contribution in [0.4, 0.5) is 0 Å². The second-order valence-electron chi connectivity index (χ2n) is 10.2. The Bertz CT molecular complexity index is 803. The SMILES string of the molecule is CC12CCC3C(CCC4CC(O)CCC43C)C1=CCC2c1ccc(=O)oc1. The highest BCUT2D eigenvalue weighted by Gasteiger charge is 2.57. The minimum Gasteiger partial charge on any atom is -0.431 e. The summed E-state index contributed by atoms with van der Waals surface area (Å²) >= 11 is 0. The molecule has 7 atom stereocenters. The summed E-state index contributed by atoms with van der Waals surface area (Å²) in [6, 6.07) is 3.55. The molecule has 3 fully saturated rings. The second kappa shape index (κ2) is 6.07. The Kier molecular flexibility index (Phi) is 3.99. The normalized spacial score (nSPS) is 46.2. The van der Waals surface area contributed by atoms with Crippen molar-refractivity contribution in [2.75, 3.05) is 0 Å². The number of aliphatic hydroxyl groups is 1. The Morgan fingerprint density at radius 3 is 2.74 bits per heavy atom. The Morgan fingerprint density at radius 2 is 1.96 bits per heavy atom. The molecule has 5 rings (SSSR count). The molecule has 0 aromatic carbocycles. The highest BCUT2D eigenvalue weighted by Crippen LogP contribution is 2.67. The van der Waals surface area contributed by atoms with Gasteiger partial charge in [0.05, 0.1) is 12.4 Å². The third kappa shape index (κ3) is 2.53. The van der Waals surface area contributed by atoms with E-state index in [0.29, 0.717) is 23.2 Å². The summed E-state index contributed by atoms with van der Waals surface area (Å²) in [6.45, 7) is 4.98. The monoisotopic (exact) mass is 368 g/mol. The number of rotatable bonds is 1. The van der Waals surface area contributed by atoms with E-state index in [1.165, 1.54) is 37.7 Å². The van der Waals surface area contributed by atoms with Gasteiger partial charge in [0.25, 0.3) is 0 Å². The van der Waals surface area contributed by atoms with Gasteiger partial charge in [-0.1, -0.05) is 25.5 Å². The summed E-state index contributed by atoms with van der Waals surface area (Å²) in [5, 5.41) is 10.2. The molecule has 146 valence electrons. The summed E-state index contributed by atoms with van der Waals surface area (Å²) < 4.78 is 5.20. The molecule has 7 unspecified atom stereocenters. The van der Waals surface area contributed by atoms with Crippen molar-refractivity contribution in [1.29, 1.82) is 0 Å². The molecule has 0 amide bonds. The van der Waals surface area contributed by atoms with Gasteiger partial charge in [-0.3, -0.25) is 0 Å². The topological polar surface area (TPSA) is 50.4 Å². The predicted molar refractivity (Wildman–Crippen MR) is 105 cm³/mol. The number of fused-ring (bicyclic) bond motifs is 5. The molecule has 0 radical (unpaired) electrons. The van der Waals surface area contributed by atoms with E-state index >= 15 is 0 Å². The molecule has 1 aromatic rings. The fraction of sp³-hybridized carbons (Fsp3) is 0.708. The summed E-state index contributed by atoms with van der Waals surface area (Å²) in [6.07, 6.45) is 13.5. The highest BCUT2D eigenvalue weighted by atomic mass is 16.4. The van der Waals surface area contributed by atoms with Crippen molar-refractivity contribution in [3.05, 3.63) is 46.0 Å². The smallest absolute Gasteiger partial charge is 0.335 e. The largest absolute Gasteiger partial charge is 0.431 e. The van der Waals surface area contributed by atoms with Crippen LogP contribution in [0.2, 0.25) is 0 Å². The Labute approximate surface area is 161 Å². The van der Waals surface area contributed by atoms with Crippen molar-refractivity contribution in [1.82, 2.24) is 0 Å². The van der Waals surface area contributed by atoms with Gasteiger partial charge in [0.1, 0.15) is 0 Å². The molecule has 3 heteroatoms. The summed E-state index contributed by atoms with van der Waals surface area (Å²) in [5.41, 5.74) is 3.23. The Balaban J connectivity index is 1.45. The molecule has 1 heterocycles. The third-order valence-corrected chi connectivity index (χ3v) is 9.17. The predicted octanol–water partition coefficient (Wildman–Crippen LogP) is 5.05. The van der Waals surface area contributed by atoms with E-state index in [1.807, 2.05) is 6.07 Å². The van der Waals surface area contributed by atoms with Crippen LogP contribution in [-0.4, -0.2) is 11.2 Å². The molecule has 1 aromatic heterocycles. The zero-order chi connectivity index (χ0) is 18.8. The van der Waals surface area contributed by atoms with Crippen molar-refractivity contribution >= 4 is 0 Å². The third-order valence-electron chi connectivity index (χ3n) is 9.17. The van der Waals surface area contributed by atoms with Gasteiger partial charge in [-0.15, -0.1) is 0 Å². The maximum Gasteiger partial charge on any atom is 0.335 e. The fourth-order valence-corrected chi connectivity index (χ4v) is 7.64. The molecule has 3 nitrogen and oxygen atoms in total. The van der Waals surface area contributed by atoms with Crippen molar-refractivity contribution in [3.63, 3.8) is 0 Å². The van der Waals surface area contributed by atoms with E-state index < -0.39 is 0 Å². The minimum atomic E-state index is -0.260. The molecule has 0 bridgehead atoms. The molecule has 0 aliphatic heterocycles. The highest BCUT2D eigenvalue weighted by molar-refractivity contribution is 5.36. The zero-order valence-corrected chi connectivity index (χ0v) is 16.6. The van der Waals surface area contributed by atoms with Crippen LogP contribution in [0.5, 0.6) is 0 Å². The lowest BCUT2D eigenvalue weighted by Gasteiger charge is -2.59. The molecule has 1 N–H and O–H groups in total. The maximum atomic E-state index is 11.4. The van der Waals surface area contributed by atoms with Gasteiger partial charge in [0.15, 0.2) is 0 Å². The lowest BCUT2D eigenvalue weighted by Crippen LogP contribution is -2.51. The van der Waals surface area contributed by atoms with E-state index in [9.17, 15) is 9.90 Å². The standard InChI is InChI=1S/C24H32O3/c1-23-11-9-17(25)13-16(23)4-5-18-20-7-6-19(15-3-8-22(26)27-14-15)24(20,2)12-10-21(18)23/h3,7-8,14,16-19,21,25H,4-6,9-13H2,1-2H3. The fourth-order valence-electron chi connectivity index (χ4n) is 7.64. The molecule has 0 spiro atoms. The number of aliphatic hydroxyl groups excluding tert-OH is 1. The van der Waals surface area contributed by atoms with Gasteiger partial charge in [0.2, 0.25) is 0 Å². The second-order valence-corrected chi connectivity index (χ2v) is 10.2. The first-order chi connectivity index (χ1) is 12.9. The summed E-state index contributed by atoms with van der Waals surface area (Å²) in [5.74, 6) is 2.63. The van der Waals surface area contributed by atoms with Crippen LogP contribution in [0, 0.1) is 28.6 Å². The summed E-state index contributed by atoms with van der Waals surface area (Å²) in [4.78, 5) is 11.4. The first-order valence-corrected chi connectivity index (χ1v) is 10.9. The number of hydrogen-bond acceptors (Lipinski definition) is 3. The van der Waals surface area contributed by atoms with E-state index in [0.717, 1.165) is 25.2 Å². The van der Waals surface area contributed by atoms with E-state index in [-0.39, 0.29) is 17.1 Å². The quantitative estimate of drug-likeness (QED) is 0.706. The molecular weight excluding hydrogens is 336 g/mol. The Hall–Kier alpha value is -1.35. The van der Waals surface area contributed by atoms with Crippen LogP contribution in [0.15, 0.2) is 39.3 Å². The van der Waals surface area contributed by atoms with Crippen LogP contribution >= 0.6 is 0 Å². The van der Waals surface area contributed by atoms with Crippen molar-refractivity contribution in [2.24, 2.45) is 28.6 Å². The van der Waals surface area contributed by atoms with Gasteiger partial charge in [-0.05, 0) is 97.5 Å². The summed E-state index contributed by atoms with van der Waals surface area (Å²) in [7, 11) is 0. The molecular formula is C24H32O3. The van der Waals surface area contributed by atoms with Gasteiger partial charge < -0.3 is 9.52 Å². The molecule has 4 aliphatic rings. The van der Waals surface area contributed by atoms with Crippen LogP contribution in [0.3, 0.4) is 0 Å². The van der Waals surface area contributed by atoms with Crippen molar-refractivity contribution < 1.29 is 9.52 Å². The van der Waals surface area contributed by atoms with Gasteiger partial charge in [0, 0.05) is 6.07 Å². The maximum absolute atomic E-state index is 11.4. The van der Waals surface area contributed by atoms with Crippen LogP contribution in [0.25, 0.3) is 0 Å². The van der Waals surface area contributed by atoms with Gasteiger partial charge in [-0.2, -0.15) is 0 Å². The first kappa shape index (κ1) is 17.7. The van der Waals surface area contributed by atoms with Crippen LogP contribution in [0.1, 0.15) is 76.7 Å². The lowest BCUT2D eigenvalue weighted by atomic mass is 9.46. The van der Waals surface area contributed by atoms with E-state index in [2.05, 4.69) is 19.9 Å². The molecule has 3 saturated carbocycles. The first-order valence-electron chi connectivity index (χ1n) is 10.9. The molecule has 0 saturated heterocycles. The number of hydrogen-bond donors (Lipinski definition) is 1. The van der Waals surface area contributed by atoms with Gasteiger partial charge >= 0.3 is 5.63 Å². The average molecular weight is 369 g/mol.